The lowest BCUT2D eigenvalue weighted by atomic mass is 10.4. The maximum absolute atomic E-state index is 4.89. The largest absolute Gasteiger partial charge is 0.494 e. The van der Waals surface area contributed by atoms with Gasteiger partial charge >= 0.3 is 0 Å². The van der Waals surface area contributed by atoms with E-state index in [2.05, 4.69) is 137 Å². The Balaban J connectivity index is 0.000000354. The number of hydrogen-bond donors (Lipinski definition) is 9. The van der Waals surface area contributed by atoms with Crippen LogP contribution in [0.2, 0.25) is 0 Å². The summed E-state index contributed by atoms with van der Waals surface area (Å²) in [6.07, 6.45) is 37.9. The first kappa shape index (κ1) is 52.0. The van der Waals surface area contributed by atoms with Gasteiger partial charge in [0.2, 0.25) is 0 Å². The number of nitrogens with one attached hydrogen (secondary N) is 9. The summed E-state index contributed by atoms with van der Waals surface area (Å²) >= 11 is 0. The lowest BCUT2D eigenvalue weighted by Gasteiger charge is -2.09. The highest BCUT2D eigenvalue weighted by Gasteiger charge is 1.93. The Morgan fingerprint density at radius 2 is 1.37 bits per heavy atom. The molecule has 9 rings (SSSR count). The lowest BCUT2D eigenvalue weighted by Crippen LogP contribution is -2.16. The van der Waals surface area contributed by atoms with Gasteiger partial charge in [-0.1, -0.05) is 46.1 Å². The molecule has 0 saturated carbocycles. The van der Waals surface area contributed by atoms with Gasteiger partial charge in [-0.05, 0) is 55.7 Å². The van der Waals surface area contributed by atoms with Crippen LogP contribution in [-0.2, 0) is 18.9 Å². The van der Waals surface area contributed by atoms with Gasteiger partial charge in [-0.25, -0.2) is 15.0 Å². The normalized spacial score (nSPS) is 17.4. The van der Waals surface area contributed by atoms with Crippen LogP contribution in [0, 0.1) is 0 Å². The van der Waals surface area contributed by atoms with Crippen LogP contribution in [0.3, 0.4) is 0 Å². The van der Waals surface area contributed by atoms with Gasteiger partial charge in [0.15, 0.2) is 18.5 Å². The zero-order valence-electron chi connectivity index (χ0n) is 35.2. The predicted octanol–water partition coefficient (Wildman–Crippen LogP) is 5.06. The van der Waals surface area contributed by atoms with Crippen LogP contribution in [0.4, 0.5) is 0 Å². The van der Waals surface area contributed by atoms with Crippen LogP contribution in [0.5, 0.6) is 0 Å². The van der Waals surface area contributed by atoms with Crippen molar-refractivity contribution in [3.05, 3.63) is 210 Å². The van der Waals surface area contributed by atoms with Crippen molar-refractivity contribution in [3.63, 3.8) is 0 Å². The molecule has 0 aromatic rings. The molecule has 0 saturated heterocycles. The van der Waals surface area contributed by atoms with Crippen LogP contribution in [0.15, 0.2) is 240 Å². The smallest absolute Gasteiger partial charge is 0.185 e. The number of hydrazone groups is 2. The van der Waals surface area contributed by atoms with Crippen LogP contribution in [0.1, 0.15) is 0 Å². The summed E-state index contributed by atoms with van der Waals surface area (Å²) in [5.41, 5.74) is 9.60. The first-order chi connectivity index (χ1) is 30.5. The van der Waals surface area contributed by atoms with E-state index < -0.39 is 0 Å². The monoisotopic (exact) mass is 859 g/mol. The first-order valence-corrected chi connectivity index (χ1v) is 18.5. The number of hydrogen-bond acceptors (Lipinski definition) is 19. The number of nitrogens with zero attached hydrogens (tertiary/aromatic N) is 6. The maximum atomic E-state index is 4.89. The third-order valence-electron chi connectivity index (χ3n) is 6.14. The predicted molar refractivity (Wildman–Crippen MR) is 258 cm³/mol. The Hall–Kier alpha value is -9.00. The highest BCUT2D eigenvalue weighted by Crippen LogP contribution is 1.95. The van der Waals surface area contributed by atoms with E-state index in [9.17, 15) is 0 Å². The van der Waals surface area contributed by atoms with E-state index in [-0.39, 0.29) is 0 Å². The van der Waals surface area contributed by atoms with Gasteiger partial charge in [0.25, 0.3) is 0 Å². The van der Waals surface area contributed by atoms with Gasteiger partial charge in [-0.15, -0.1) is 0 Å². The Morgan fingerprint density at radius 3 is 1.65 bits per heavy atom. The van der Waals surface area contributed by atoms with Crippen molar-refractivity contribution >= 4 is 37.4 Å². The van der Waals surface area contributed by atoms with Crippen molar-refractivity contribution in [1.82, 2.24) is 48.1 Å². The minimum atomic E-state index is 0.551. The highest BCUT2D eigenvalue weighted by molar-refractivity contribution is 6.16. The summed E-state index contributed by atoms with van der Waals surface area (Å²) in [7, 11) is 0. The molecular weight excluding hydrogens is 803 g/mol. The fraction of sp³-hybridized carbons (Fsp3) is 0.0909. The van der Waals surface area contributed by atoms with Crippen molar-refractivity contribution in [1.29, 1.82) is 0 Å². The van der Waals surface area contributed by atoms with E-state index in [1.165, 1.54) is 0 Å². The van der Waals surface area contributed by atoms with Crippen LogP contribution in [-0.4, -0.2) is 63.9 Å². The summed E-state index contributed by atoms with van der Waals surface area (Å²) in [4.78, 5) is 15.1. The molecule has 19 heteroatoms. The van der Waals surface area contributed by atoms with Crippen molar-refractivity contribution in [2.45, 2.75) is 0 Å². The van der Waals surface area contributed by atoms with Gasteiger partial charge < -0.3 is 56.2 Å². The average molecular weight is 860 g/mol. The number of aliphatic imine (C=N–C) groups is 4. The van der Waals surface area contributed by atoms with Crippen molar-refractivity contribution in [2.24, 2.45) is 30.2 Å². The second-order valence-electron chi connectivity index (χ2n) is 11.4. The van der Waals surface area contributed by atoms with E-state index in [0.29, 0.717) is 43.4 Å². The minimum Gasteiger partial charge on any atom is -0.494 e. The average Bonchev–Trinajstić information content (AvgIpc) is 3.31. The fourth-order valence-corrected chi connectivity index (χ4v) is 3.26. The van der Waals surface area contributed by atoms with Crippen LogP contribution >= 0.6 is 0 Å². The summed E-state index contributed by atoms with van der Waals surface area (Å²) in [5, 5.41) is 27.2. The maximum Gasteiger partial charge on any atom is 0.185 e. The number of allylic oxidation sites excluding steroid dienone is 6. The van der Waals surface area contributed by atoms with Crippen LogP contribution < -0.4 is 48.1 Å². The summed E-state index contributed by atoms with van der Waals surface area (Å²) in [6, 6.07) is 0. The summed E-state index contributed by atoms with van der Waals surface area (Å²) < 4.78 is 19.3. The molecule has 0 radical (unpaired) electrons. The fourth-order valence-electron chi connectivity index (χ4n) is 3.26. The lowest BCUT2D eigenvalue weighted by molar-refractivity contribution is 0.222. The van der Waals surface area contributed by atoms with Gasteiger partial charge in [0.05, 0.1) is 31.3 Å². The Bertz CT molecular complexity index is 1720. The molecule has 0 fully saturated rings. The molecule has 63 heavy (non-hydrogen) atoms. The first-order valence-electron chi connectivity index (χ1n) is 18.5. The van der Waals surface area contributed by atoms with Crippen molar-refractivity contribution in [2.75, 3.05) is 26.5 Å². The Morgan fingerprint density at radius 1 is 0.540 bits per heavy atom. The highest BCUT2D eigenvalue weighted by atomic mass is 16.5. The second-order valence-corrected chi connectivity index (χ2v) is 11.4. The van der Waals surface area contributed by atoms with Gasteiger partial charge in [0, 0.05) is 97.1 Å². The number of ether oxygens (including phenoxy) is 4. The SMILES string of the molecule is C=C1C=CC=NN1.C=C1C=CN=CN1.C=C1C=COCN1.C=C1C=NC=CN1.C=C1COC=CN1.C=C1N=CC=CN1.C=C1N=CC=NN1.C=C1NC=CCO1.C=C1NCC=CO1. The molecule has 0 aromatic heterocycles. The molecule has 9 aliphatic heterocycles. The molecule has 19 nitrogen and oxygen atoms in total. The zero-order valence-corrected chi connectivity index (χ0v) is 35.2. The molecule has 9 heterocycles. The summed E-state index contributed by atoms with van der Waals surface area (Å²) in [6.45, 7) is 34.8. The van der Waals surface area contributed by atoms with E-state index in [0.717, 1.165) is 35.0 Å². The Labute approximate surface area is 369 Å². The molecular formula is C44H57N15O4. The molecule has 0 atom stereocenters. The van der Waals surface area contributed by atoms with Crippen molar-refractivity contribution < 1.29 is 18.9 Å². The summed E-state index contributed by atoms with van der Waals surface area (Å²) in [5.74, 6) is 2.54. The molecule has 332 valence electrons. The molecule has 9 N–H and O–H groups in total. The topological polar surface area (TPSA) is 219 Å². The van der Waals surface area contributed by atoms with Gasteiger partial charge in [-0.3, -0.25) is 15.8 Å². The van der Waals surface area contributed by atoms with Gasteiger partial charge in [0.1, 0.15) is 24.9 Å². The third kappa shape index (κ3) is 34.7. The van der Waals surface area contributed by atoms with E-state index >= 15 is 0 Å². The number of rotatable bonds is 0. The van der Waals surface area contributed by atoms with Crippen molar-refractivity contribution in [3.8, 4) is 0 Å². The zero-order chi connectivity index (χ0) is 46.0. The third-order valence-corrected chi connectivity index (χ3v) is 6.14. The quantitative estimate of drug-likeness (QED) is 0.156. The molecule has 0 aromatic carbocycles. The molecule has 0 unspecified atom stereocenters. The molecule has 0 spiro atoms. The molecule has 0 bridgehead atoms. The van der Waals surface area contributed by atoms with Crippen LogP contribution in [0.25, 0.3) is 0 Å². The molecule has 9 aliphatic rings. The van der Waals surface area contributed by atoms with E-state index in [4.69, 9.17) is 18.9 Å². The standard InChI is InChI=1S/4C5H6N2.4C5H7NO.C4H5N3/c1-5-4-6-2-3-7-5;1-5-2-3-6-4-7-5;1-5-6-3-2-4-7-5;1-5-3-2-4-6-7-5;1-5-4-7-3-2-6-5;1-5-2-3-7-4-6-5;2*1-5-6-3-2-4-7-5;1-4-5-2-3-6-7-4/h2-4,7H,1H2;2-4H,1H2,(H,6,7);2-4,6H,1H2;2-4,7H,1H2;2*2-3,6H,1,4H2;2,4,6H,1,3H2;2-3,6H,1,4H2;2-3,7H,1H2. The molecule has 0 amide bonds. The van der Waals surface area contributed by atoms with E-state index in [1.807, 2.05) is 36.6 Å². The minimum absolute atomic E-state index is 0.551. The Kier molecular flexibility index (Phi) is 29.8. The van der Waals surface area contributed by atoms with E-state index in [1.54, 1.807) is 99.3 Å². The molecule has 0 aliphatic carbocycles. The van der Waals surface area contributed by atoms with Gasteiger partial charge in [-0.2, -0.15) is 10.2 Å². The second kappa shape index (κ2) is 36.1.